The van der Waals surface area contributed by atoms with E-state index in [-0.39, 0.29) is 17.8 Å². The maximum absolute atomic E-state index is 11.5. The topological polar surface area (TPSA) is 81.7 Å². The lowest BCUT2D eigenvalue weighted by Crippen LogP contribution is -2.34. The Labute approximate surface area is 250 Å². The minimum absolute atomic E-state index is 0.0473. The van der Waals surface area contributed by atoms with Crippen molar-refractivity contribution in [2.75, 3.05) is 34.4 Å². The van der Waals surface area contributed by atoms with Gasteiger partial charge >= 0.3 is 0 Å². The molecule has 5 aliphatic rings. The molecule has 8 heteroatoms. The average molecular weight is 579 g/mol. The summed E-state index contributed by atoms with van der Waals surface area (Å²) in [7, 11) is 5.35. The van der Waals surface area contributed by atoms with E-state index in [1.807, 2.05) is 18.2 Å². The van der Waals surface area contributed by atoms with E-state index in [2.05, 4.69) is 53.7 Å². The number of fused-ring (bicyclic) bond motifs is 2. The smallest absolute Gasteiger partial charge is 0.216 e. The number of hydrogen-bond acceptors (Lipinski definition) is 8. The summed E-state index contributed by atoms with van der Waals surface area (Å²) in [5.74, 6) is 4.93. The van der Waals surface area contributed by atoms with Crippen molar-refractivity contribution in [3.63, 3.8) is 0 Å². The summed E-state index contributed by atoms with van der Waals surface area (Å²) in [6.45, 7) is 1.65. The van der Waals surface area contributed by atoms with Crippen molar-refractivity contribution in [2.45, 2.75) is 37.8 Å². The zero-order chi connectivity index (χ0) is 29.2. The lowest BCUT2D eigenvalue weighted by atomic mass is 9.86. The molecule has 0 fully saturated rings. The second kappa shape index (κ2) is 10.1. The fraction of sp³-hybridized carbons (Fsp3) is 0.314. The van der Waals surface area contributed by atoms with Crippen molar-refractivity contribution in [3.05, 3.63) is 88.0 Å². The zero-order valence-corrected chi connectivity index (χ0v) is 24.5. The van der Waals surface area contributed by atoms with Crippen LogP contribution < -0.4 is 29.0 Å². The summed E-state index contributed by atoms with van der Waals surface area (Å²) in [5.41, 5.74) is 6.48. The van der Waals surface area contributed by atoms with Gasteiger partial charge in [-0.05, 0) is 97.9 Å². The van der Waals surface area contributed by atoms with E-state index in [1.54, 1.807) is 14.2 Å². The second-order valence-electron chi connectivity index (χ2n) is 11.8. The van der Waals surface area contributed by atoms with Crippen molar-refractivity contribution in [1.82, 2.24) is 10.2 Å². The van der Waals surface area contributed by atoms with Gasteiger partial charge in [0.15, 0.2) is 34.5 Å². The third kappa shape index (κ3) is 4.27. The van der Waals surface area contributed by atoms with Crippen LogP contribution in [0.2, 0.25) is 0 Å². The van der Waals surface area contributed by atoms with Crippen LogP contribution in [-0.2, 0) is 25.7 Å². The van der Waals surface area contributed by atoms with Crippen LogP contribution in [0.15, 0.2) is 54.6 Å². The molecule has 4 aromatic carbocycles. The number of phenols is 1. The molecular formula is C35H34N2O6. The zero-order valence-electron chi connectivity index (χ0n) is 24.5. The van der Waals surface area contributed by atoms with E-state index < -0.39 is 0 Å². The molecule has 9 rings (SSSR count). The molecule has 5 aliphatic heterocycles. The molecule has 8 nitrogen and oxygen atoms in total. The van der Waals surface area contributed by atoms with Gasteiger partial charge in [0.05, 0.1) is 14.2 Å². The number of aromatic hydroxyl groups is 1. The minimum Gasteiger partial charge on any atom is -0.504 e. The largest absolute Gasteiger partial charge is 0.504 e. The maximum Gasteiger partial charge on any atom is 0.216 e. The van der Waals surface area contributed by atoms with Crippen LogP contribution in [0.4, 0.5) is 0 Å². The third-order valence-corrected chi connectivity index (χ3v) is 9.31. The number of rotatable bonds is 2. The molecule has 0 saturated heterocycles. The monoisotopic (exact) mass is 578 g/mol. The first kappa shape index (κ1) is 26.2. The molecule has 2 atom stereocenters. The molecular weight excluding hydrogens is 544 g/mol. The van der Waals surface area contributed by atoms with Crippen molar-refractivity contribution < 1.29 is 28.8 Å². The van der Waals surface area contributed by atoms with Crippen LogP contribution in [0.5, 0.6) is 51.7 Å². The Hall–Kier alpha value is -4.40. The van der Waals surface area contributed by atoms with Crippen LogP contribution in [0.25, 0.3) is 0 Å². The summed E-state index contributed by atoms with van der Waals surface area (Å²) in [5, 5.41) is 15.2. The summed E-state index contributed by atoms with van der Waals surface area (Å²) in [6, 6.07) is 18.6. The van der Waals surface area contributed by atoms with Crippen molar-refractivity contribution in [2.24, 2.45) is 0 Å². The number of phenolic OH excluding ortho intramolecular Hbond substituents is 1. The Balaban J connectivity index is 1.33. The number of hydrogen-bond donors (Lipinski definition) is 2. The molecule has 0 spiro atoms. The Morgan fingerprint density at radius 2 is 1.63 bits per heavy atom. The van der Waals surface area contributed by atoms with Crippen LogP contribution in [0.1, 0.15) is 45.5 Å². The molecule has 4 aromatic rings. The summed E-state index contributed by atoms with van der Waals surface area (Å²) < 4.78 is 31.1. The SMILES string of the molecule is COc1ccc2cc1Oc1ccc(cc1)C[C@H]1c3c(c(O)c(OC)c4c3Oc3cc5c(cc3O4)CCN[C@H]5C2)CCN1C. The first-order valence-electron chi connectivity index (χ1n) is 14.9. The van der Waals surface area contributed by atoms with Crippen molar-refractivity contribution in [3.8, 4) is 51.7 Å². The molecule has 5 heterocycles. The molecule has 2 N–H and O–H groups in total. The van der Waals surface area contributed by atoms with Gasteiger partial charge in [-0.15, -0.1) is 0 Å². The van der Waals surface area contributed by atoms with Crippen LogP contribution in [0, 0.1) is 0 Å². The summed E-state index contributed by atoms with van der Waals surface area (Å²) >= 11 is 0. The molecule has 7 bridgehead atoms. The molecule has 43 heavy (non-hydrogen) atoms. The highest BCUT2D eigenvalue weighted by Crippen LogP contribution is 2.59. The van der Waals surface area contributed by atoms with Gasteiger partial charge in [-0.3, -0.25) is 4.90 Å². The van der Waals surface area contributed by atoms with E-state index in [1.165, 1.54) is 11.1 Å². The van der Waals surface area contributed by atoms with E-state index in [0.717, 1.165) is 53.9 Å². The Kier molecular flexibility index (Phi) is 6.17. The van der Waals surface area contributed by atoms with Crippen LogP contribution in [-0.4, -0.2) is 44.4 Å². The Morgan fingerprint density at radius 3 is 2.44 bits per heavy atom. The fourth-order valence-corrected chi connectivity index (χ4v) is 7.06. The van der Waals surface area contributed by atoms with Gasteiger partial charge in [0.2, 0.25) is 11.5 Å². The van der Waals surface area contributed by atoms with Crippen molar-refractivity contribution >= 4 is 0 Å². The van der Waals surface area contributed by atoms with Gasteiger partial charge in [-0.25, -0.2) is 0 Å². The maximum atomic E-state index is 11.5. The third-order valence-electron chi connectivity index (χ3n) is 9.31. The minimum atomic E-state index is -0.0473. The second-order valence-corrected chi connectivity index (χ2v) is 11.8. The first-order valence-corrected chi connectivity index (χ1v) is 14.9. The quantitative estimate of drug-likeness (QED) is 0.242. The summed E-state index contributed by atoms with van der Waals surface area (Å²) in [4.78, 5) is 2.32. The number of nitrogens with one attached hydrogen (secondary N) is 1. The van der Waals surface area contributed by atoms with Gasteiger partial charge in [0, 0.05) is 29.8 Å². The lowest BCUT2D eigenvalue weighted by molar-refractivity contribution is 0.215. The predicted octanol–water partition coefficient (Wildman–Crippen LogP) is 6.61. The molecule has 220 valence electrons. The van der Waals surface area contributed by atoms with E-state index >= 15 is 0 Å². The normalized spacial score (nSPS) is 19.9. The highest BCUT2D eigenvalue weighted by Gasteiger charge is 2.39. The van der Waals surface area contributed by atoms with E-state index in [0.29, 0.717) is 53.1 Å². The van der Waals surface area contributed by atoms with Gasteiger partial charge in [0.1, 0.15) is 5.75 Å². The molecule has 0 unspecified atom stereocenters. The fourth-order valence-electron chi connectivity index (χ4n) is 7.06. The first-order chi connectivity index (χ1) is 21.0. The highest BCUT2D eigenvalue weighted by atomic mass is 16.6. The van der Waals surface area contributed by atoms with E-state index in [4.69, 9.17) is 23.7 Å². The Morgan fingerprint density at radius 1 is 0.837 bits per heavy atom. The van der Waals surface area contributed by atoms with Gasteiger partial charge in [0.25, 0.3) is 0 Å². The molecule has 0 amide bonds. The number of nitrogens with zero attached hydrogens (tertiary/aromatic N) is 1. The van der Waals surface area contributed by atoms with Crippen molar-refractivity contribution in [1.29, 1.82) is 0 Å². The number of benzene rings is 4. The molecule has 0 radical (unpaired) electrons. The van der Waals surface area contributed by atoms with Crippen LogP contribution in [0.3, 0.4) is 0 Å². The Bertz CT molecular complexity index is 1750. The van der Waals surface area contributed by atoms with E-state index in [9.17, 15) is 5.11 Å². The number of methoxy groups -OCH3 is 2. The van der Waals surface area contributed by atoms with Gasteiger partial charge < -0.3 is 34.1 Å². The molecule has 0 aromatic heterocycles. The van der Waals surface area contributed by atoms with Gasteiger partial charge in [-0.2, -0.15) is 0 Å². The molecule has 0 aliphatic carbocycles. The standard InChI is InChI=1S/C35H34N2O6/c1-37-13-11-23-31-26(37)15-19-4-7-22(8-5-19)41-28-16-20(6-9-27(28)39-2)14-25-24-18-30-29(17-21(24)10-12-36-25)43-35(33(31)42-30)34(40-3)32(23)38/h4-9,16-18,25-26,36,38H,10-15H2,1-3H3/t25-,26-/m0/s1. The number of likely N-dealkylation sites (N-methyl/N-ethyl adjacent to an activating group) is 1. The average Bonchev–Trinajstić information content (AvgIpc) is 3.01. The lowest BCUT2D eigenvalue weighted by Gasteiger charge is -2.38. The number of ether oxygens (including phenoxy) is 5. The molecule has 0 saturated carbocycles. The summed E-state index contributed by atoms with van der Waals surface area (Å²) in [6.07, 6.45) is 3.04. The van der Waals surface area contributed by atoms with Crippen LogP contribution >= 0.6 is 0 Å². The predicted molar refractivity (Wildman–Crippen MR) is 162 cm³/mol. The highest BCUT2D eigenvalue weighted by molar-refractivity contribution is 5.72. The van der Waals surface area contributed by atoms with Gasteiger partial charge in [-0.1, -0.05) is 18.2 Å².